The average molecular weight is 600 g/mol. The third-order valence-corrected chi connectivity index (χ3v) is 6.10. The Kier molecular flexibility index (Phi) is 7.76. The summed E-state index contributed by atoms with van der Waals surface area (Å²) in [5.74, 6) is -1.17. The van der Waals surface area contributed by atoms with E-state index in [-0.39, 0.29) is 18.1 Å². The smallest absolute Gasteiger partial charge is 0.488 e. The Balaban J connectivity index is 1.36. The summed E-state index contributed by atoms with van der Waals surface area (Å²) < 4.78 is 90.2. The van der Waals surface area contributed by atoms with E-state index in [9.17, 15) is 31.1 Å². The van der Waals surface area contributed by atoms with Crippen molar-refractivity contribution in [1.82, 2.24) is 20.0 Å². The molecule has 5 rings (SSSR count). The number of halogens is 6. The van der Waals surface area contributed by atoms with Gasteiger partial charge < -0.3 is 14.6 Å². The molecular formula is C29H18F6N4O4. The zero-order chi connectivity index (χ0) is 30.8. The molecule has 0 unspecified atom stereocenters. The van der Waals surface area contributed by atoms with Crippen molar-refractivity contribution in [2.24, 2.45) is 0 Å². The maximum Gasteiger partial charge on any atom is 0.512 e. The Morgan fingerprint density at radius 1 is 0.791 bits per heavy atom. The lowest BCUT2D eigenvalue weighted by molar-refractivity contribution is -0.144. The van der Waals surface area contributed by atoms with Gasteiger partial charge in [-0.2, -0.15) is 31.0 Å². The molecule has 5 aromatic rings. The van der Waals surface area contributed by atoms with Crippen LogP contribution in [0.2, 0.25) is 0 Å². The number of ether oxygens (including phenoxy) is 2. The van der Waals surface area contributed by atoms with Crippen molar-refractivity contribution < 1.29 is 45.7 Å². The Bertz CT molecular complexity index is 1750. The van der Waals surface area contributed by atoms with Crippen molar-refractivity contribution in [3.63, 3.8) is 0 Å². The van der Waals surface area contributed by atoms with E-state index in [4.69, 9.17) is 9.84 Å². The minimum atomic E-state index is -5.06. The van der Waals surface area contributed by atoms with Gasteiger partial charge in [0.2, 0.25) is 5.69 Å². The number of para-hydroxylation sites is 1. The number of pyridine rings is 1. The molecule has 0 radical (unpaired) electrons. The van der Waals surface area contributed by atoms with Gasteiger partial charge >= 0.3 is 18.5 Å². The van der Waals surface area contributed by atoms with Gasteiger partial charge in [-0.1, -0.05) is 64.9 Å². The highest BCUT2D eigenvalue weighted by atomic mass is 19.4. The fraction of sp³-hybridized carbons (Fsp3) is 0.103. The molecule has 43 heavy (non-hydrogen) atoms. The van der Waals surface area contributed by atoms with Crippen molar-refractivity contribution >= 4 is 6.16 Å². The maximum absolute atomic E-state index is 13.7. The first-order chi connectivity index (χ1) is 20.4. The summed E-state index contributed by atoms with van der Waals surface area (Å²) in [5, 5.41) is 15.4. The number of benzene rings is 3. The summed E-state index contributed by atoms with van der Waals surface area (Å²) in [6.45, 7) is 0.0984. The normalized spacial score (nSPS) is 11.8. The van der Waals surface area contributed by atoms with Crippen molar-refractivity contribution in [2.75, 3.05) is 0 Å². The molecule has 0 aliphatic rings. The Morgan fingerprint density at radius 2 is 1.44 bits per heavy atom. The lowest BCUT2D eigenvalue weighted by Crippen LogP contribution is -2.17. The quantitative estimate of drug-likeness (QED) is 0.151. The molecule has 14 heteroatoms. The van der Waals surface area contributed by atoms with Crippen LogP contribution in [0, 0.1) is 0 Å². The van der Waals surface area contributed by atoms with E-state index < -0.39 is 35.6 Å². The minimum Gasteiger partial charge on any atom is -0.488 e. The second-order valence-electron chi connectivity index (χ2n) is 8.96. The number of hydrogen-bond acceptors (Lipinski definition) is 6. The first-order valence-corrected chi connectivity index (χ1v) is 12.3. The van der Waals surface area contributed by atoms with Gasteiger partial charge in [-0.25, -0.2) is 9.78 Å². The van der Waals surface area contributed by atoms with E-state index in [1.165, 1.54) is 24.3 Å². The van der Waals surface area contributed by atoms with Gasteiger partial charge in [-0.05, 0) is 53.1 Å². The zero-order valence-corrected chi connectivity index (χ0v) is 21.6. The molecule has 0 atom stereocenters. The number of aromatic nitrogens is 4. The highest BCUT2D eigenvalue weighted by Gasteiger charge is 2.42. The SMILES string of the molecule is O=C(O)Oc1nnn(-c2cccc(-c3ccccc3OCc3ccc(-c4ccc(C(F)(F)F)cc4)cc3)n2)c1C(F)(F)F. The summed E-state index contributed by atoms with van der Waals surface area (Å²) in [4.78, 5) is 15.1. The molecule has 0 saturated heterocycles. The molecule has 220 valence electrons. The topological polar surface area (TPSA) is 99.4 Å². The molecule has 0 aliphatic carbocycles. The molecule has 2 aromatic heterocycles. The summed E-state index contributed by atoms with van der Waals surface area (Å²) in [5.41, 5.74) is 0.455. The van der Waals surface area contributed by atoms with Gasteiger partial charge in [0.25, 0.3) is 5.88 Å². The van der Waals surface area contributed by atoms with Crippen molar-refractivity contribution in [1.29, 1.82) is 0 Å². The summed E-state index contributed by atoms with van der Waals surface area (Å²) in [7, 11) is 0. The van der Waals surface area contributed by atoms with E-state index in [0.29, 0.717) is 27.1 Å². The molecule has 0 spiro atoms. The van der Waals surface area contributed by atoms with Crippen LogP contribution in [0.15, 0.2) is 91.0 Å². The number of nitrogens with zero attached hydrogens (tertiary/aromatic N) is 4. The molecule has 2 heterocycles. The van der Waals surface area contributed by atoms with E-state index in [0.717, 1.165) is 17.7 Å². The monoisotopic (exact) mass is 600 g/mol. The lowest BCUT2D eigenvalue weighted by Gasteiger charge is -2.13. The summed E-state index contributed by atoms with van der Waals surface area (Å²) in [6, 6.07) is 22.7. The third kappa shape index (κ3) is 6.58. The highest BCUT2D eigenvalue weighted by molar-refractivity contribution is 5.68. The van der Waals surface area contributed by atoms with Crippen LogP contribution < -0.4 is 9.47 Å². The molecule has 8 nitrogen and oxygen atoms in total. The highest BCUT2D eigenvalue weighted by Crippen LogP contribution is 2.37. The molecule has 3 aromatic carbocycles. The van der Waals surface area contributed by atoms with E-state index in [1.807, 2.05) is 0 Å². The van der Waals surface area contributed by atoms with Gasteiger partial charge in [0.1, 0.15) is 12.4 Å². The largest absolute Gasteiger partial charge is 0.512 e. The van der Waals surface area contributed by atoms with Crippen molar-refractivity contribution in [3.8, 4) is 39.8 Å². The van der Waals surface area contributed by atoms with Crippen molar-refractivity contribution in [3.05, 3.63) is 108 Å². The summed E-state index contributed by atoms with van der Waals surface area (Å²) in [6.07, 6.45) is -11.5. The van der Waals surface area contributed by atoms with E-state index in [1.54, 1.807) is 54.6 Å². The minimum absolute atomic E-state index is 0.0984. The first-order valence-electron chi connectivity index (χ1n) is 12.3. The molecule has 0 aliphatic heterocycles. The van der Waals surface area contributed by atoms with Crippen LogP contribution in [0.25, 0.3) is 28.2 Å². The Morgan fingerprint density at radius 3 is 2.07 bits per heavy atom. The van der Waals surface area contributed by atoms with Crippen LogP contribution in [0.3, 0.4) is 0 Å². The van der Waals surface area contributed by atoms with E-state index >= 15 is 0 Å². The Hall–Kier alpha value is -5.40. The van der Waals surface area contributed by atoms with Crippen LogP contribution in [0.4, 0.5) is 31.1 Å². The molecule has 1 N–H and O–H groups in total. The Labute approximate surface area is 238 Å². The number of carboxylic acid groups (broad SMARTS) is 1. The van der Waals surface area contributed by atoms with Gasteiger partial charge in [0.15, 0.2) is 5.82 Å². The van der Waals surface area contributed by atoms with E-state index in [2.05, 4.69) is 20.0 Å². The number of rotatable bonds is 7. The first kappa shape index (κ1) is 29.1. The predicted octanol–water partition coefficient (Wildman–Crippen LogP) is 7.67. The van der Waals surface area contributed by atoms with Crippen LogP contribution >= 0.6 is 0 Å². The van der Waals surface area contributed by atoms with Crippen LogP contribution in [-0.2, 0) is 19.0 Å². The molecule has 0 fully saturated rings. The predicted molar refractivity (Wildman–Crippen MR) is 139 cm³/mol. The maximum atomic E-state index is 13.7. The van der Waals surface area contributed by atoms with Gasteiger partial charge in [0.05, 0.1) is 11.3 Å². The number of carbonyl (C=O) groups is 1. The van der Waals surface area contributed by atoms with Crippen LogP contribution in [-0.4, -0.2) is 31.2 Å². The average Bonchev–Trinajstić information content (AvgIpc) is 3.40. The van der Waals surface area contributed by atoms with Crippen molar-refractivity contribution in [2.45, 2.75) is 19.0 Å². The van der Waals surface area contributed by atoms with Gasteiger partial charge in [0, 0.05) is 5.56 Å². The number of hydrogen-bond donors (Lipinski definition) is 1. The molecule has 0 saturated carbocycles. The molecule has 0 amide bonds. The second-order valence-corrected chi connectivity index (χ2v) is 8.96. The lowest BCUT2D eigenvalue weighted by atomic mass is 10.0. The molecule has 0 bridgehead atoms. The zero-order valence-electron chi connectivity index (χ0n) is 21.6. The van der Waals surface area contributed by atoms with Gasteiger partial charge in [-0.15, -0.1) is 0 Å². The van der Waals surface area contributed by atoms with Crippen LogP contribution in [0.5, 0.6) is 11.6 Å². The van der Waals surface area contributed by atoms with Crippen LogP contribution in [0.1, 0.15) is 16.8 Å². The van der Waals surface area contributed by atoms with Gasteiger partial charge in [-0.3, -0.25) is 0 Å². The second kappa shape index (κ2) is 11.5. The third-order valence-electron chi connectivity index (χ3n) is 6.10. The standard InChI is InChI=1S/C29H18F6N4O4/c30-28(31,32)20-14-12-19(13-15-20)18-10-8-17(9-11-18)16-42-23-6-2-1-4-21(23)22-5-3-7-24(36-22)39-25(29(33,34)35)26(37-38-39)43-27(40)41/h1-15H,16H2,(H,40,41). The fourth-order valence-electron chi connectivity index (χ4n) is 4.12. The fourth-order valence-corrected chi connectivity index (χ4v) is 4.12. The molecular weight excluding hydrogens is 582 g/mol. The summed E-state index contributed by atoms with van der Waals surface area (Å²) >= 11 is 0. The number of alkyl halides is 6.